The van der Waals surface area contributed by atoms with Crippen LogP contribution in [0.1, 0.15) is 51.9 Å². The summed E-state index contributed by atoms with van der Waals surface area (Å²) in [6, 6.07) is 0.471. The average molecular weight is 251 g/mol. The first-order valence-corrected chi connectivity index (χ1v) is 7.11. The second-order valence-electron chi connectivity index (χ2n) is 4.93. The highest BCUT2D eigenvalue weighted by Crippen LogP contribution is 2.25. The second-order valence-corrected chi connectivity index (χ2v) is 4.93. The van der Waals surface area contributed by atoms with Crippen molar-refractivity contribution in [2.24, 2.45) is 5.92 Å². The van der Waals surface area contributed by atoms with E-state index in [0.717, 1.165) is 45.1 Å². The maximum atomic E-state index is 11.7. The fraction of sp³-hybridized carbons (Fsp3) is 0.800. The Morgan fingerprint density at radius 2 is 2.28 bits per heavy atom. The van der Waals surface area contributed by atoms with Crippen molar-refractivity contribution >= 4 is 5.97 Å². The number of hydrogen-bond acceptors (Lipinski definition) is 3. The zero-order valence-corrected chi connectivity index (χ0v) is 11.4. The lowest BCUT2D eigenvalue weighted by atomic mass is 9.85. The van der Waals surface area contributed by atoms with Gasteiger partial charge in [0.1, 0.15) is 0 Å². The first-order valence-electron chi connectivity index (χ1n) is 7.11. The summed E-state index contributed by atoms with van der Waals surface area (Å²) < 4.78 is 5.10. The molecular weight excluding hydrogens is 226 g/mol. The molecule has 18 heavy (non-hydrogen) atoms. The van der Waals surface area contributed by atoms with Gasteiger partial charge in [0, 0.05) is 12.5 Å². The van der Waals surface area contributed by atoms with E-state index in [9.17, 15) is 4.79 Å². The molecule has 1 saturated carbocycles. The minimum Gasteiger partial charge on any atom is -0.466 e. The van der Waals surface area contributed by atoms with Gasteiger partial charge in [0.15, 0.2) is 0 Å². The highest BCUT2D eigenvalue weighted by Gasteiger charge is 2.27. The predicted octanol–water partition coefficient (Wildman–Crippen LogP) is 2.50. The van der Waals surface area contributed by atoms with Crippen molar-refractivity contribution < 1.29 is 9.53 Å². The van der Waals surface area contributed by atoms with E-state index >= 15 is 0 Å². The minimum atomic E-state index is -0.0173. The van der Waals surface area contributed by atoms with E-state index in [1.54, 1.807) is 0 Å². The molecule has 1 aliphatic carbocycles. The number of ether oxygens (including phenoxy) is 1. The summed E-state index contributed by atoms with van der Waals surface area (Å²) in [5.74, 6) is 2.73. The molecule has 0 aromatic heterocycles. The Balaban J connectivity index is 2.18. The molecule has 0 aromatic carbocycles. The molecule has 0 amide bonds. The zero-order chi connectivity index (χ0) is 13.2. The molecule has 1 fully saturated rings. The van der Waals surface area contributed by atoms with Gasteiger partial charge >= 0.3 is 5.97 Å². The number of terminal acetylenes is 1. The second kappa shape index (κ2) is 8.99. The van der Waals surface area contributed by atoms with E-state index in [4.69, 9.17) is 11.2 Å². The lowest BCUT2D eigenvalue weighted by molar-refractivity contribution is -0.149. The largest absolute Gasteiger partial charge is 0.466 e. The van der Waals surface area contributed by atoms with Gasteiger partial charge in [-0.2, -0.15) is 0 Å². The number of esters is 1. The van der Waals surface area contributed by atoms with Crippen molar-refractivity contribution in [3.05, 3.63) is 0 Å². The Morgan fingerprint density at radius 1 is 1.44 bits per heavy atom. The molecule has 3 nitrogen and oxygen atoms in total. The van der Waals surface area contributed by atoms with Crippen LogP contribution in [0.15, 0.2) is 0 Å². The van der Waals surface area contributed by atoms with E-state index in [0.29, 0.717) is 12.6 Å². The first kappa shape index (κ1) is 15.0. The summed E-state index contributed by atoms with van der Waals surface area (Å²) in [7, 11) is 0. The fourth-order valence-corrected chi connectivity index (χ4v) is 2.51. The Hall–Kier alpha value is -1.01. The van der Waals surface area contributed by atoms with Gasteiger partial charge in [0.2, 0.25) is 0 Å². The number of nitrogens with one attached hydrogen (secondary N) is 1. The van der Waals surface area contributed by atoms with Crippen LogP contribution < -0.4 is 5.32 Å². The van der Waals surface area contributed by atoms with E-state index in [1.807, 2.05) is 6.92 Å². The monoisotopic (exact) mass is 251 g/mol. The van der Waals surface area contributed by atoms with Crippen molar-refractivity contribution in [3.8, 4) is 12.3 Å². The van der Waals surface area contributed by atoms with Crippen molar-refractivity contribution in [2.75, 3.05) is 13.2 Å². The normalized spacial score (nSPS) is 23.3. The van der Waals surface area contributed by atoms with Crippen molar-refractivity contribution in [2.45, 2.75) is 57.9 Å². The van der Waals surface area contributed by atoms with Crippen LogP contribution >= 0.6 is 0 Å². The Kier molecular flexibility index (Phi) is 7.52. The number of unbranched alkanes of at least 4 members (excludes halogenated alkanes) is 2. The lowest BCUT2D eigenvalue weighted by Gasteiger charge is -2.28. The van der Waals surface area contributed by atoms with Gasteiger partial charge in [-0.3, -0.25) is 4.79 Å². The summed E-state index contributed by atoms with van der Waals surface area (Å²) in [6.45, 7) is 3.35. The molecule has 0 heterocycles. The third-order valence-corrected chi connectivity index (χ3v) is 3.48. The maximum Gasteiger partial charge on any atom is 0.308 e. The summed E-state index contributed by atoms with van der Waals surface area (Å²) in [4.78, 5) is 11.7. The molecule has 0 bridgehead atoms. The smallest absolute Gasteiger partial charge is 0.308 e. The molecule has 102 valence electrons. The van der Waals surface area contributed by atoms with E-state index in [2.05, 4.69) is 11.2 Å². The van der Waals surface area contributed by atoms with E-state index in [-0.39, 0.29) is 11.9 Å². The summed E-state index contributed by atoms with van der Waals surface area (Å²) in [5, 5.41) is 3.53. The fourth-order valence-electron chi connectivity index (χ4n) is 2.51. The van der Waals surface area contributed by atoms with Crippen LogP contribution in [0.5, 0.6) is 0 Å². The summed E-state index contributed by atoms with van der Waals surface area (Å²) >= 11 is 0. The van der Waals surface area contributed by atoms with Crippen LogP contribution in [0.2, 0.25) is 0 Å². The number of rotatable bonds is 7. The van der Waals surface area contributed by atoms with Crippen LogP contribution in [0.4, 0.5) is 0 Å². The van der Waals surface area contributed by atoms with Gasteiger partial charge in [-0.05, 0) is 45.6 Å². The van der Waals surface area contributed by atoms with Crippen LogP contribution in [0.25, 0.3) is 0 Å². The maximum absolute atomic E-state index is 11.7. The molecule has 1 N–H and O–H groups in total. The first-order chi connectivity index (χ1) is 8.77. The highest BCUT2D eigenvalue weighted by molar-refractivity contribution is 5.72. The summed E-state index contributed by atoms with van der Waals surface area (Å²) in [6.07, 6.45) is 12.5. The Bertz CT molecular complexity index is 283. The van der Waals surface area contributed by atoms with Gasteiger partial charge in [-0.25, -0.2) is 0 Å². The molecule has 3 heteroatoms. The minimum absolute atomic E-state index is 0.0173. The number of carbonyl (C=O) groups excluding carboxylic acids is 1. The predicted molar refractivity (Wildman–Crippen MR) is 73.1 cm³/mol. The third kappa shape index (κ3) is 5.55. The SMILES string of the molecule is C#CCCCCNC1CCCC(C(=O)OCC)C1. The van der Waals surface area contributed by atoms with E-state index < -0.39 is 0 Å². The molecular formula is C15H25NO2. The third-order valence-electron chi connectivity index (χ3n) is 3.48. The molecule has 0 radical (unpaired) electrons. The summed E-state index contributed by atoms with van der Waals surface area (Å²) in [5.41, 5.74) is 0. The molecule has 0 aliphatic heterocycles. The van der Waals surface area contributed by atoms with Crippen LogP contribution in [-0.2, 0) is 9.53 Å². The quantitative estimate of drug-likeness (QED) is 0.429. The van der Waals surface area contributed by atoms with Gasteiger partial charge < -0.3 is 10.1 Å². The molecule has 2 atom stereocenters. The van der Waals surface area contributed by atoms with Crippen molar-refractivity contribution in [1.29, 1.82) is 0 Å². The van der Waals surface area contributed by atoms with Crippen LogP contribution in [0.3, 0.4) is 0 Å². The van der Waals surface area contributed by atoms with Gasteiger partial charge in [0.05, 0.1) is 12.5 Å². The molecule has 1 rings (SSSR count). The average Bonchev–Trinajstić information content (AvgIpc) is 2.39. The van der Waals surface area contributed by atoms with Crippen LogP contribution in [0, 0.1) is 18.3 Å². The van der Waals surface area contributed by atoms with Gasteiger partial charge in [-0.15, -0.1) is 12.3 Å². The standard InChI is InChI=1S/C15H25NO2/c1-3-5-6-7-11-16-14-10-8-9-13(12-14)15(17)18-4-2/h1,13-14,16H,4-12H2,2H3. The lowest BCUT2D eigenvalue weighted by Crippen LogP contribution is -2.37. The number of hydrogen-bond donors (Lipinski definition) is 1. The van der Waals surface area contributed by atoms with Gasteiger partial charge in [-0.1, -0.05) is 6.42 Å². The Labute approximate surface area is 111 Å². The topological polar surface area (TPSA) is 38.3 Å². The Morgan fingerprint density at radius 3 is 3.00 bits per heavy atom. The number of carbonyl (C=O) groups is 1. The molecule has 0 saturated heterocycles. The highest BCUT2D eigenvalue weighted by atomic mass is 16.5. The molecule has 2 unspecified atom stereocenters. The van der Waals surface area contributed by atoms with Crippen molar-refractivity contribution in [3.63, 3.8) is 0 Å². The van der Waals surface area contributed by atoms with Gasteiger partial charge in [0.25, 0.3) is 0 Å². The van der Waals surface area contributed by atoms with Crippen molar-refractivity contribution in [1.82, 2.24) is 5.32 Å². The van der Waals surface area contributed by atoms with E-state index in [1.165, 1.54) is 6.42 Å². The zero-order valence-electron chi connectivity index (χ0n) is 11.4. The van der Waals surface area contributed by atoms with Crippen LogP contribution in [-0.4, -0.2) is 25.2 Å². The molecule has 1 aliphatic rings. The molecule has 0 aromatic rings. The molecule has 0 spiro atoms.